The number of carbonyl (C=O) groups excluding carboxylic acids is 2. The largest absolute Gasteiger partial charge is 0.494 e. The van der Waals surface area contributed by atoms with Crippen LogP contribution in [0.2, 0.25) is 0 Å². The van der Waals surface area contributed by atoms with Crippen LogP contribution in [0.4, 0.5) is 0 Å². The van der Waals surface area contributed by atoms with Crippen LogP contribution in [-0.4, -0.2) is 41.9 Å². The molecule has 0 unspecified atom stereocenters. The Labute approximate surface area is 130 Å². The molecule has 1 aromatic rings. The van der Waals surface area contributed by atoms with Crippen LogP contribution >= 0.6 is 0 Å². The first-order valence-electron chi connectivity index (χ1n) is 8.01. The van der Waals surface area contributed by atoms with E-state index in [0.717, 1.165) is 30.6 Å². The summed E-state index contributed by atoms with van der Waals surface area (Å²) >= 11 is 0. The van der Waals surface area contributed by atoms with Crippen molar-refractivity contribution in [1.82, 2.24) is 10.2 Å². The van der Waals surface area contributed by atoms with E-state index in [4.69, 9.17) is 4.74 Å². The van der Waals surface area contributed by atoms with E-state index in [9.17, 15) is 9.59 Å². The molecule has 0 radical (unpaired) electrons. The molecule has 2 fully saturated rings. The summed E-state index contributed by atoms with van der Waals surface area (Å²) in [6.07, 6.45) is 3.21. The van der Waals surface area contributed by atoms with Gasteiger partial charge in [-0.25, -0.2) is 0 Å². The van der Waals surface area contributed by atoms with Gasteiger partial charge in [0.05, 0.1) is 6.61 Å². The van der Waals surface area contributed by atoms with E-state index in [0.29, 0.717) is 19.6 Å². The van der Waals surface area contributed by atoms with Crippen LogP contribution in [0.15, 0.2) is 24.3 Å². The molecule has 2 aliphatic rings. The van der Waals surface area contributed by atoms with Gasteiger partial charge in [-0.2, -0.15) is 0 Å². The van der Waals surface area contributed by atoms with Gasteiger partial charge in [-0.1, -0.05) is 19.1 Å². The van der Waals surface area contributed by atoms with Crippen molar-refractivity contribution < 1.29 is 14.3 Å². The van der Waals surface area contributed by atoms with Gasteiger partial charge < -0.3 is 15.0 Å². The van der Waals surface area contributed by atoms with E-state index < -0.39 is 6.04 Å². The Hall–Kier alpha value is -2.04. The molecular formula is C17H22N2O3. The molecule has 1 N–H and O–H groups in total. The van der Waals surface area contributed by atoms with Crippen molar-refractivity contribution in [2.45, 2.75) is 44.7 Å². The number of amides is 2. The third kappa shape index (κ3) is 2.93. The minimum absolute atomic E-state index is 0.00926. The number of hydrogen-bond acceptors (Lipinski definition) is 3. The minimum Gasteiger partial charge on any atom is -0.494 e. The predicted molar refractivity (Wildman–Crippen MR) is 82.6 cm³/mol. The number of nitrogens with zero attached hydrogens (tertiary/aromatic N) is 1. The first-order chi connectivity index (χ1) is 10.7. The molecule has 0 bridgehead atoms. The summed E-state index contributed by atoms with van der Waals surface area (Å²) in [7, 11) is 0. The van der Waals surface area contributed by atoms with Gasteiger partial charge in [0.1, 0.15) is 17.8 Å². The first-order valence-corrected chi connectivity index (χ1v) is 8.01. The summed E-state index contributed by atoms with van der Waals surface area (Å²) in [6, 6.07) is 7.07. The summed E-state index contributed by atoms with van der Waals surface area (Å²) < 4.78 is 5.55. The number of piperazine rings is 1. The van der Waals surface area contributed by atoms with Gasteiger partial charge in [-0.3, -0.25) is 9.59 Å². The average molecular weight is 302 g/mol. The number of rotatable bonds is 5. The second kappa shape index (κ2) is 6.38. The SMILES string of the molecule is CCCOc1ccc(C[C@@H]2NC(=O)[C@@H]3CCCN3C2=O)cc1. The van der Waals surface area contributed by atoms with E-state index in [-0.39, 0.29) is 17.9 Å². The molecule has 1 aromatic carbocycles. The monoisotopic (exact) mass is 302 g/mol. The molecule has 0 saturated carbocycles. The Morgan fingerprint density at radius 3 is 2.77 bits per heavy atom. The van der Waals surface area contributed by atoms with Crippen molar-refractivity contribution >= 4 is 11.8 Å². The van der Waals surface area contributed by atoms with Gasteiger partial charge in [-0.15, -0.1) is 0 Å². The first kappa shape index (κ1) is 14.9. The molecule has 0 aliphatic carbocycles. The minimum atomic E-state index is -0.440. The highest BCUT2D eigenvalue weighted by Crippen LogP contribution is 2.23. The maximum atomic E-state index is 12.5. The highest BCUT2D eigenvalue weighted by molar-refractivity contribution is 5.97. The smallest absolute Gasteiger partial charge is 0.246 e. The Morgan fingerprint density at radius 2 is 2.05 bits per heavy atom. The molecule has 118 valence electrons. The summed E-state index contributed by atoms with van der Waals surface area (Å²) in [5.74, 6) is 0.877. The lowest BCUT2D eigenvalue weighted by atomic mass is 10.0. The Balaban J connectivity index is 1.65. The van der Waals surface area contributed by atoms with Crippen molar-refractivity contribution in [2.75, 3.05) is 13.2 Å². The van der Waals surface area contributed by atoms with Crippen LogP contribution in [0.25, 0.3) is 0 Å². The quantitative estimate of drug-likeness (QED) is 0.897. The normalized spacial score (nSPS) is 24.1. The van der Waals surface area contributed by atoms with Crippen LogP contribution < -0.4 is 10.1 Å². The molecule has 5 nitrogen and oxygen atoms in total. The Bertz CT molecular complexity index is 556. The summed E-state index contributed by atoms with van der Waals surface area (Å²) in [5, 5.41) is 2.87. The molecule has 2 amide bonds. The fourth-order valence-electron chi connectivity index (χ4n) is 3.15. The van der Waals surface area contributed by atoms with E-state index in [1.165, 1.54) is 0 Å². The highest BCUT2D eigenvalue weighted by atomic mass is 16.5. The van der Waals surface area contributed by atoms with Crippen LogP contribution in [-0.2, 0) is 16.0 Å². The summed E-state index contributed by atoms with van der Waals surface area (Å²) in [5.41, 5.74) is 1.03. The van der Waals surface area contributed by atoms with E-state index >= 15 is 0 Å². The zero-order valence-electron chi connectivity index (χ0n) is 12.9. The second-order valence-corrected chi connectivity index (χ2v) is 5.95. The molecule has 22 heavy (non-hydrogen) atoms. The average Bonchev–Trinajstić information content (AvgIpc) is 3.02. The highest BCUT2D eigenvalue weighted by Gasteiger charge is 2.42. The fourth-order valence-corrected chi connectivity index (χ4v) is 3.15. The topological polar surface area (TPSA) is 58.6 Å². The van der Waals surface area contributed by atoms with Gasteiger partial charge >= 0.3 is 0 Å². The van der Waals surface area contributed by atoms with E-state index in [1.807, 2.05) is 24.3 Å². The van der Waals surface area contributed by atoms with Gasteiger partial charge in [-0.05, 0) is 37.0 Å². The van der Waals surface area contributed by atoms with Crippen molar-refractivity contribution in [2.24, 2.45) is 0 Å². The predicted octanol–water partition coefficient (Wildman–Crippen LogP) is 1.51. The van der Waals surface area contributed by atoms with E-state index in [2.05, 4.69) is 12.2 Å². The zero-order chi connectivity index (χ0) is 15.5. The summed E-state index contributed by atoms with van der Waals surface area (Å²) in [6.45, 7) is 3.47. The number of nitrogens with one attached hydrogen (secondary N) is 1. The van der Waals surface area contributed by atoms with Crippen LogP contribution in [0.3, 0.4) is 0 Å². The van der Waals surface area contributed by atoms with Crippen molar-refractivity contribution in [3.8, 4) is 5.75 Å². The number of ether oxygens (including phenoxy) is 1. The maximum absolute atomic E-state index is 12.5. The molecule has 2 atom stereocenters. The maximum Gasteiger partial charge on any atom is 0.246 e. The molecule has 0 spiro atoms. The Kier molecular flexibility index (Phi) is 4.32. The van der Waals surface area contributed by atoms with Crippen LogP contribution in [0, 0.1) is 0 Å². The molecule has 2 aliphatic heterocycles. The Morgan fingerprint density at radius 1 is 1.27 bits per heavy atom. The summed E-state index contributed by atoms with van der Waals surface area (Å²) in [4.78, 5) is 26.3. The van der Waals surface area contributed by atoms with Crippen molar-refractivity contribution in [1.29, 1.82) is 0 Å². The van der Waals surface area contributed by atoms with Gasteiger partial charge in [0.2, 0.25) is 11.8 Å². The van der Waals surface area contributed by atoms with Crippen molar-refractivity contribution in [3.05, 3.63) is 29.8 Å². The van der Waals surface area contributed by atoms with Gasteiger partial charge in [0, 0.05) is 13.0 Å². The molecular weight excluding hydrogens is 280 g/mol. The third-order valence-electron chi connectivity index (χ3n) is 4.29. The standard InChI is InChI=1S/C17H22N2O3/c1-2-10-22-13-7-5-12(6-8-13)11-14-17(21)19-9-3-4-15(19)16(20)18-14/h5-8,14-15H,2-4,9-11H2,1H3,(H,18,20)/t14-,15-/m0/s1. The van der Waals surface area contributed by atoms with Crippen molar-refractivity contribution in [3.63, 3.8) is 0 Å². The number of fused-ring (bicyclic) bond motifs is 1. The van der Waals surface area contributed by atoms with Crippen LogP contribution in [0.1, 0.15) is 31.7 Å². The van der Waals surface area contributed by atoms with E-state index in [1.54, 1.807) is 4.90 Å². The lowest BCUT2D eigenvalue weighted by Crippen LogP contribution is -2.61. The van der Waals surface area contributed by atoms with Gasteiger partial charge in [0.15, 0.2) is 0 Å². The number of carbonyl (C=O) groups is 2. The molecule has 0 aromatic heterocycles. The third-order valence-corrected chi connectivity index (χ3v) is 4.29. The molecule has 3 rings (SSSR count). The molecule has 2 saturated heterocycles. The lowest BCUT2D eigenvalue weighted by Gasteiger charge is -2.34. The number of benzene rings is 1. The number of hydrogen-bond donors (Lipinski definition) is 1. The molecule has 5 heteroatoms. The van der Waals surface area contributed by atoms with Crippen LogP contribution in [0.5, 0.6) is 5.75 Å². The van der Waals surface area contributed by atoms with Gasteiger partial charge in [0.25, 0.3) is 0 Å². The zero-order valence-corrected chi connectivity index (χ0v) is 12.9. The fraction of sp³-hybridized carbons (Fsp3) is 0.529. The molecule has 2 heterocycles. The lowest BCUT2D eigenvalue weighted by molar-refractivity contribution is -0.146. The second-order valence-electron chi connectivity index (χ2n) is 5.95.